The minimum absolute atomic E-state index is 0.434. The Morgan fingerprint density at radius 2 is 2.33 bits per heavy atom. The number of aliphatic hydroxyl groups excluding tert-OH is 1. The van der Waals surface area contributed by atoms with Gasteiger partial charge in [-0.05, 0) is 52.5 Å². The molecule has 2 nitrogen and oxygen atoms in total. The van der Waals surface area contributed by atoms with Crippen LogP contribution in [0.15, 0.2) is 28.1 Å². The van der Waals surface area contributed by atoms with Crippen molar-refractivity contribution in [2.45, 2.75) is 31.5 Å². The monoisotopic (exact) mass is 326 g/mol. The molecule has 0 saturated carbocycles. The van der Waals surface area contributed by atoms with Crippen LogP contribution in [0.4, 0.5) is 0 Å². The summed E-state index contributed by atoms with van der Waals surface area (Å²) in [6.07, 6.45) is 1.39. The van der Waals surface area contributed by atoms with Gasteiger partial charge < -0.3 is 9.84 Å². The smallest absolute Gasteiger partial charge is 0.109 e. The van der Waals surface area contributed by atoms with Crippen LogP contribution < -0.4 is 0 Å². The van der Waals surface area contributed by atoms with Crippen molar-refractivity contribution in [1.82, 2.24) is 0 Å². The highest BCUT2D eigenvalue weighted by atomic mass is 79.9. The van der Waals surface area contributed by atoms with Gasteiger partial charge in [-0.15, -0.1) is 11.3 Å². The molecule has 1 N–H and O–H groups in total. The molecule has 1 fully saturated rings. The van der Waals surface area contributed by atoms with Crippen LogP contribution in [0.5, 0.6) is 0 Å². The lowest BCUT2D eigenvalue weighted by molar-refractivity contribution is -0.0788. The minimum atomic E-state index is -0.553. The van der Waals surface area contributed by atoms with Crippen LogP contribution in [0.1, 0.15) is 31.4 Å². The number of rotatable bonds is 2. The second kappa shape index (κ2) is 4.60. The van der Waals surface area contributed by atoms with Gasteiger partial charge in [-0.25, -0.2) is 0 Å². The van der Waals surface area contributed by atoms with E-state index in [4.69, 9.17) is 4.74 Å². The molecule has 2 heterocycles. The van der Waals surface area contributed by atoms with Crippen LogP contribution in [-0.2, 0) is 4.74 Å². The Morgan fingerprint density at radius 3 is 3.06 bits per heavy atom. The zero-order chi connectivity index (χ0) is 12.8. The normalized spacial score (nSPS) is 25.7. The van der Waals surface area contributed by atoms with Gasteiger partial charge in [0.1, 0.15) is 6.10 Å². The number of aliphatic hydroxyl groups is 1. The number of thiophene rings is 1. The average Bonchev–Trinajstić information content (AvgIpc) is 2.96. The van der Waals surface area contributed by atoms with E-state index in [0.717, 1.165) is 34.9 Å². The standard InChI is InChI=1S/C14H15BrO2S/c1-14(6-3-7-17-14)13(16)10-8-18-12-9(10)4-2-5-11(12)15/h2,4-5,8,13,16H,3,6-7H2,1H3. The first-order valence-corrected chi connectivity index (χ1v) is 7.77. The first-order chi connectivity index (χ1) is 8.62. The number of fused-ring (bicyclic) bond motifs is 1. The van der Waals surface area contributed by atoms with Crippen molar-refractivity contribution in [2.75, 3.05) is 6.61 Å². The van der Waals surface area contributed by atoms with Crippen molar-refractivity contribution in [2.24, 2.45) is 0 Å². The Bertz CT molecular complexity index is 572. The van der Waals surface area contributed by atoms with Crippen LogP contribution >= 0.6 is 27.3 Å². The van der Waals surface area contributed by atoms with E-state index in [1.807, 2.05) is 24.4 Å². The van der Waals surface area contributed by atoms with Crippen molar-refractivity contribution in [3.8, 4) is 0 Å². The molecule has 2 aromatic rings. The average molecular weight is 327 g/mol. The van der Waals surface area contributed by atoms with Crippen LogP contribution in [-0.4, -0.2) is 17.3 Å². The molecular weight excluding hydrogens is 312 g/mol. The topological polar surface area (TPSA) is 29.5 Å². The first-order valence-electron chi connectivity index (χ1n) is 6.09. The maximum Gasteiger partial charge on any atom is 0.109 e. The maximum absolute atomic E-state index is 10.6. The van der Waals surface area contributed by atoms with Crippen molar-refractivity contribution in [3.05, 3.63) is 33.6 Å². The number of hydrogen-bond acceptors (Lipinski definition) is 3. The van der Waals surface area contributed by atoms with Gasteiger partial charge in [0, 0.05) is 21.3 Å². The molecule has 2 unspecified atom stereocenters. The molecule has 0 aliphatic carbocycles. The lowest BCUT2D eigenvalue weighted by Crippen LogP contribution is -2.31. The lowest BCUT2D eigenvalue weighted by atomic mass is 9.90. The van der Waals surface area contributed by atoms with Crippen molar-refractivity contribution < 1.29 is 9.84 Å². The fourth-order valence-corrected chi connectivity index (χ4v) is 4.24. The Kier molecular flexibility index (Phi) is 3.22. The molecule has 0 radical (unpaired) electrons. The molecular formula is C14H15BrO2S. The van der Waals surface area contributed by atoms with E-state index in [1.165, 1.54) is 4.70 Å². The summed E-state index contributed by atoms with van der Waals surface area (Å²) in [5.41, 5.74) is 0.553. The van der Waals surface area contributed by atoms with Gasteiger partial charge in [0.05, 0.1) is 5.60 Å². The van der Waals surface area contributed by atoms with Gasteiger partial charge in [0.15, 0.2) is 0 Å². The third-order valence-electron chi connectivity index (χ3n) is 3.70. The number of ether oxygens (including phenoxy) is 1. The second-order valence-corrected chi connectivity index (χ2v) is 6.71. The van der Waals surface area contributed by atoms with Crippen molar-refractivity contribution >= 4 is 37.4 Å². The molecule has 1 aromatic heterocycles. The molecule has 0 spiro atoms. The largest absolute Gasteiger partial charge is 0.385 e. The maximum atomic E-state index is 10.6. The SMILES string of the molecule is CC1(C(O)c2csc3c(Br)cccc23)CCCO1. The number of hydrogen-bond donors (Lipinski definition) is 1. The van der Waals surface area contributed by atoms with Crippen molar-refractivity contribution in [3.63, 3.8) is 0 Å². The molecule has 1 aliphatic rings. The molecule has 96 valence electrons. The van der Waals surface area contributed by atoms with E-state index in [2.05, 4.69) is 22.0 Å². The molecule has 1 saturated heterocycles. The lowest BCUT2D eigenvalue weighted by Gasteiger charge is -2.29. The van der Waals surface area contributed by atoms with E-state index in [0.29, 0.717) is 0 Å². The van der Waals surface area contributed by atoms with E-state index >= 15 is 0 Å². The van der Waals surface area contributed by atoms with Gasteiger partial charge >= 0.3 is 0 Å². The Morgan fingerprint density at radius 1 is 1.50 bits per heavy atom. The van der Waals surface area contributed by atoms with Gasteiger partial charge in [0.25, 0.3) is 0 Å². The molecule has 3 rings (SSSR count). The zero-order valence-electron chi connectivity index (χ0n) is 10.1. The van der Waals surface area contributed by atoms with Crippen LogP contribution in [0.25, 0.3) is 10.1 Å². The molecule has 18 heavy (non-hydrogen) atoms. The van der Waals surface area contributed by atoms with Gasteiger partial charge in [-0.1, -0.05) is 12.1 Å². The van der Waals surface area contributed by atoms with Gasteiger partial charge in [-0.3, -0.25) is 0 Å². The Hall–Kier alpha value is -0.420. The van der Waals surface area contributed by atoms with Gasteiger partial charge in [0.2, 0.25) is 0 Å². The highest BCUT2D eigenvalue weighted by Gasteiger charge is 2.39. The Balaban J connectivity index is 2.07. The second-order valence-electron chi connectivity index (χ2n) is 4.97. The molecule has 4 heteroatoms. The summed E-state index contributed by atoms with van der Waals surface area (Å²) < 4.78 is 8.02. The summed E-state index contributed by atoms with van der Waals surface area (Å²) in [5.74, 6) is 0. The first kappa shape index (κ1) is 12.6. The fraction of sp³-hybridized carbons (Fsp3) is 0.429. The minimum Gasteiger partial charge on any atom is -0.385 e. The predicted molar refractivity (Wildman–Crippen MR) is 78.1 cm³/mol. The summed E-state index contributed by atoms with van der Waals surface area (Å²) in [6.45, 7) is 2.76. The van der Waals surface area contributed by atoms with E-state index in [9.17, 15) is 5.11 Å². The molecule has 1 aromatic carbocycles. The third-order valence-corrected chi connectivity index (χ3v) is 5.67. The van der Waals surface area contributed by atoms with E-state index < -0.39 is 11.7 Å². The van der Waals surface area contributed by atoms with Crippen LogP contribution in [0.3, 0.4) is 0 Å². The molecule has 0 amide bonds. The van der Waals surface area contributed by atoms with Crippen LogP contribution in [0.2, 0.25) is 0 Å². The predicted octanol–water partition coefficient (Wildman–Crippen LogP) is 4.27. The van der Waals surface area contributed by atoms with E-state index in [1.54, 1.807) is 11.3 Å². The summed E-state index contributed by atoms with van der Waals surface area (Å²) >= 11 is 5.22. The fourth-order valence-electron chi connectivity index (χ4n) is 2.60. The Labute approximate surface area is 119 Å². The van der Waals surface area contributed by atoms with E-state index in [-0.39, 0.29) is 0 Å². The van der Waals surface area contributed by atoms with Gasteiger partial charge in [-0.2, -0.15) is 0 Å². The highest BCUT2D eigenvalue weighted by molar-refractivity contribution is 9.10. The third kappa shape index (κ3) is 1.92. The number of benzene rings is 1. The molecule has 1 aliphatic heterocycles. The molecule has 2 atom stereocenters. The quantitative estimate of drug-likeness (QED) is 0.893. The van der Waals surface area contributed by atoms with Crippen molar-refractivity contribution in [1.29, 1.82) is 0 Å². The summed E-state index contributed by atoms with van der Waals surface area (Å²) in [7, 11) is 0. The summed E-state index contributed by atoms with van der Waals surface area (Å²) in [4.78, 5) is 0. The number of halogens is 1. The summed E-state index contributed by atoms with van der Waals surface area (Å²) in [5, 5.41) is 13.8. The summed E-state index contributed by atoms with van der Waals surface area (Å²) in [6, 6.07) is 6.10. The highest BCUT2D eigenvalue weighted by Crippen LogP contribution is 2.42. The molecule has 0 bridgehead atoms. The zero-order valence-corrected chi connectivity index (χ0v) is 12.6. The van der Waals surface area contributed by atoms with Crippen LogP contribution in [0, 0.1) is 0 Å².